The summed E-state index contributed by atoms with van der Waals surface area (Å²) in [5.74, 6) is 2.50. The summed E-state index contributed by atoms with van der Waals surface area (Å²) >= 11 is 1.85. The molecular weight excluding hydrogens is 461 g/mol. The SMILES string of the molecule is CCNC(=NCCc1nc(C(C)C)no1)NC(C)Cc1ccc(C)s1.I. The van der Waals surface area contributed by atoms with Crippen molar-refractivity contribution in [1.29, 1.82) is 0 Å². The largest absolute Gasteiger partial charge is 0.357 e. The molecule has 8 heteroatoms. The maximum Gasteiger partial charge on any atom is 0.228 e. The molecule has 0 spiro atoms. The standard InChI is InChI=1S/C18H29N5OS.HI/c1-6-19-18(21-13(4)11-15-8-7-14(5)25-15)20-10-9-16-22-17(12(2)3)23-24-16;/h7-8,12-13H,6,9-11H2,1-5H3,(H2,19,20,21);1H. The number of aliphatic imine (C=N–C) groups is 1. The fraction of sp³-hybridized carbons (Fsp3) is 0.611. The smallest absolute Gasteiger partial charge is 0.228 e. The minimum atomic E-state index is 0. The fourth-order valence-corrected chi connectivity index (χ4v) is 3.39. The molecule has 0 saturated carbocycles. The number of aromatic nitrogens is 2. The normalized spacial score (nSPS) is 12.8. The number of aryl methyl sites for hydroxylation is 1. The zero-order valence-electron chi connectivity index (χ0n) is 16.2. The zero-order valence-corrected chi connectivity index (χ0v) is 19.4. The molecule has 0 aromatic carbocycles. The average molecular weight is 491 g/mol. The first-order chi connectivity index (χ1) is 12.0. The lowest BCUT2D eigenvalue weighted by Gasteiger charge is -2.17. The number of hydrogen-bond donors (Lipinski definition) is 2. The number of halogens is 1. The highest BCUT2D eigenvalue weighted by molar-refractivity contribution is 14.0. The van der Waals surface area contributed by atoms with Gasteiger partial charge in [0.05, 0.1) is 6.54 Å². The van der Waals surface area contributed by atoms with Crippen LogP contribution in [0.2, 0.25) is 0 Å². The predicted octanol–water partition coefficient (Wildman–Crippen LogP) is 3.91. The van der Waals surface area contributed by atoms with Crippen molar-refractivity contribution < 1.29 is 4.52 Å². The second-order valence-corrected chi connectivity index (χ2v) is 7.85. The van der Waals surface area contributed by atoms with Crippen LogP contribution >= 0.6 is 35.3 Å². The van der Waals surface area contributed by atoms with Crippen molar-refractivity contribution >= 4 is 41.3 Å². The van der Waals surface area contributed by atoms with Gasteiger partial charge in [0, 0.05) is 41.1 Å². The van der Waals surface area contributed by atoms with Crippen molar-refractivity contribution in [3.8, 4) is 0 Å². The number of rotatable bonds is 8. The molecule has 2 aromatic heterocycles. The Hall–Kier alpha value is -1.16. The average Bonchev–Trinajstić information content (AvgIpc) is 3.16. The molecule has 0 aliphatic carbocycles. The van der Waals surface area contributed by atoms with Crippen molar-refractivity contribution in [1.82, 2.24) is 20.8 Å². The Balaban J connectivity index is 0.00000338. The summed E-state index contributed by atoms with van der Waals surface area (Å²) in [6.45, 7) is 11.9. The van der Waals surface area contributed by atoms with Crippen molar-refractivity contribution in [3.05, 3.63) is 33.6 Å². The highest BCUT2D eigenvalue weighted by Crippen LogP contribution is 2.16. The van der Waals surface area contributed by atoms with Gasteiger partial charge in [-0.3, -0.25) is 4.99 Å². The molecule has 2 N–H and O–H groups in total. The van der Waals surface area contributed by atoms with E-state index in [2.05, 4.69) is 72.5 Å². The van der Waals surface area contributed by atoms with E-state index in [4.69, 9.17) is 4.52 Å². The number of thiophene rings is 1. The van der Waals surface area contributed by atoms with E-state index in [-0.39, 0.29) is 29.9 Å². The summed E-state index contributed by atoms with van der Waals surface area (Å²) in [7, 11) is 0. The minimum Gasteiger partial charge on any atom is -0.357 e. The van der Waals surface area contributed by atoms with Gasteiger partial charge in [0.1, 0.15) is 0 Å². The van der Waals surface area contributed by atoms with Gasteiger partial charge in [0.25, 0.3) is 0 Å². The Morgan fingerprint density at radius 3 is 2.65 bits per heavy atom. The molecule has 0 aliphatic heterocycles. The van der Waals surface area contributed by atoms with E-state index in [0.29, 0.717) is 24.9 Å². The summed E-state index contributed by atoms with van der Waals surface area (Å²) in [4.78, 5) is 11.7. The Morgan fingerprint density at radius 1 is 1.31 bits per heavy atom. The first kappa shape index (κ1) is 22.9. The van der Waals surface area contributed by atoms with Crippen LogP contribution in [0.5, 0.6) is 0 Å². The second kappa shape index (κ2) is 11.5. The molecule has 1 atom stereocenters. The summed E-state index contributed by atoms with van der Waals surface area (Å²) in [6.07, 6.45) is 1.64. The summed E-state index contributed by atoms with van der Waals surface area (Å²) in [5, 5.41) is 10.7. The Labute approximate surface area is 177 Å². The molecule has 0 amide bonds. The molecule has 2 rings (SSSR count). The Kier molecular flexibility index (Phi) is 10.1. The van der Waals surface area contributed by atoms with Gasteiger partial charge in [-0.15, -0.1) is 35.3 Å². The molecule has 0 radical (unpaired) electrons. The van der Waals surface area contributed by atoms with Gasteiger partial charge in [-0.05, 0) is 32.9 Å². The van der Waals surface area contributed by atoms with E-state index in [1.54, 1.807) is 0 Å². The molecule has 146 valence electrons. The molecule has 0 aliphatic rings. The van der Waals surface area contributed by atoms with Crippen LogP contribution in [0.1, 0.15) is 55.1 Å². The van der Waals surface area contributed by atoms with Crippen LogP contribution in [0.25, 0.3) is 0 Å². The van der Waals surface area contributed by atoms with E-state index in [9.17, 15) is 0 Å². The third-order valence-electron chi connectivity index (χ3n) is 3.63. The molecular formula is C18H30IN5OS. The molecule has 0 saturated heterocycles. The third kappa shape index (κ3) is 7.61. The number of nitrogens with zero attached hydrogens (tertiary/aromatic N) is 3. The van der Waals surface area contributed by atoms with Gasteiger partial charge in [0.2, 0.25) is 5.89 Å². The van der Waals surface area contributed by atoms with Crippen LogP contribution in [0.3, 0.4) is 0 Å². The quantitative estimate of drug-likeness (QED) is 0.333. The maximum absolute atomic E-state index is 5.26. The first-order valence-electron chi connectivity index (χ1n) is 8.90. The van der Waals surface area contributed by atoms with Crippen LogP contribution in [-0.2, 0) is 12.8 Å². The lowest BCUT2D eigenvalue weighted by atomic mass is 10.2. The predicted molar refractivity (Wildman–Crippen MR) is 119 cm³/mol. The van der Waals surface area contributed by atoms with Crippen LogP contribution in [0, 0.1) is 6.92 Å². The molecule has 2 aromatic rings. The van der Waals surface area contributed by atoms with Crippen molar-refractivity contribution in [2.45, 2.75) is 59.4 Å². The van der Waals surface area contributed by atoms with Gasteiger partial charge in [0.15, 0.2) is 11.8 Å². The highest BCUT2D eigenvalue weighted by Gasteiger charge is 2.10. The molecule has 1 unspecified atom stereocenters. The van der Waals surface area contributed by atoms with E-state index >= 15 is 0 Å². The number of nitrogens with one attached hydrogen (secondary N) is 2. The minimum absolute atomic E-state index is 0. The zero-order chi connectivity index (χ0) is 18.2. The Morgan fingerprint density at radius 2 is 2.08 bits per heavy atom. The fourth-order valence-electron chi connectivity index (χ4n) is 2.37. The highest BCUT2D eigenvalue weighted by atomic mass is 127. The van der Waals surface area contributed by atoms with Gasteiger partial charge in [-0.1, -0.05) is 19.0 Å². The molecule has 0 bridgehead atoms. The molecule has 2 heterocycles. The summed E-state index contributed by atoms with van der Waals surface area (Å²) in [5.41, 5.74) is 0. The third-order valence-corrected chi connectivity index (χ3v) is 4.65. The molecule has 26 heavy (non-hydrogen) atoms. The van der Waals surface area contributed by atoms with Crippen LogP contribution in [0.15, 0.2) is 21.6 Å². The van der Waals surface area contributed by atoms with E-state index in [1.807, 2.05) is 11.3 Å². The maximum atomic E-state index is 5.26. The summed E-state index contributed by atoms with van der Waals surface area (Å²) in [6, 6.07) is 4.68. The van der Waals surface area contributed by atoms with Gasteiger partial charge in [-0.25, -0.2) is 0 Å². The lowest BCUT2D eigenvalue weighted by molar-refractivity contribution is 0.372. The molecule has 0 fully saturated rings. The number of hydrogen-bond acceptors (Lipinski definition) is 5. The van der Waals surface area contributed by atoms with Crippen LogP contribution in [-0.4, -0.2) is 35.2 Å². The topological polar surface area (TPSA) is 75.3 Å². The Bertz CT molecular complexity index is 683. The first-order valence-corrected chi connectivity index (χ1v) is 9.72. The van der Waals surface area contributed by atoms with Crippen molar-refractivity contribution in [3.63, 3.8) is 0 Å². The second-order valence-electron chi connectivity index (χ2n) is 6.47. The van der Waals surface area contributed by atoms with Gasteiger partial charge in [-0.2, -0.15) is 4.98 Å². The molecule has 6 nitrogen and oxygen atoms in total. The lowest BCUT2D eigenvalue weighted by Crippen LogP contribution is -2.43. The van der Waals surface area contributed by atoms with Gasteiger partial charge >= 0.3 is 0 Å². The van der Waals surface area contributed by atoms with Crippen LogP contribution in [0.4, 0.5) is 0 Å². The van der Waals surface area contributed by atoms with Crippen molar-refractivity contribution in [2.24, 2.45) is 4.99 Å². The van der Waals surface area contributed by atoms with E-state index < -0.39 is 0 Å². The monoisotopic (exact) mass is 491 g/mol. The number of guanidine groups is 1. The van der Waals surface area contributed by atoms with Gasteiger partial charge < -0.3 is 15.2 Å². The van der Waals surface area contributed by atoms with E-state index in [1.165, 1.54) is 9.75 Å². The van der Waals surface area contributed by atoms with E-state index in [0.717, 1.165) is 24.7 Å². The van der Waals surface area contributed by atoms with Crippen LogP contribution < -0.4 is 10.6 Å². The summed E-state index contributed by atoms with van der Waals surface area (Å²) < 4.78 is 5.26. The van der Waals surface area contributed by atoms with Crippen molar-refractivity contribution in [2.75, 3.05) is 13.1 Å².